The van der Waals surface area contributed by atoms with Gasteiger partial charge in [0.05, 0.1) is 0 Å². The van der Waals surface area contributed by atoms with E-state index in [1.54, 1.807) is 50.1 Å². The standard InChI is InChI=1S/C34H46Br2S/c1-8-14-25-23(9-2)32-21(6)22(7)34(29(32)19-31(25)36)37(10-3,11-4)33-20(5)17-27-24-15-12-13-16-26(24)30(35)18-28(27)33/h17-19,21-22,33-34H,8-16H2,1-7H3. The molecule has 0 spiro atoms. The number of rotatable bonds is 7. The summed E-state index contributed by atoms with van der Waals surface area (Å²) in [5, 5.41) is 1.23. The fraction of sp³-hybridized carbons (Fsp3) is 0.588. The molecule has 202 valence electrons. The lowest BCUT2D eigenvalue weighted by molar-refractivity contribution is 0.516. The highest BCUT2D eigenvalue weighted by atomic mass is 79.9. The van der Waals surface area contributed by atoms with Crippen molar-refractivity contribution in [3.05, 3.63) is 71.2 Å². The Labute approximate surface area is 245 Å². The van der Waals surface area contributed by atoms with E-state index in [0.29, 0.717) is 22.3 Å². The van der Waals surface area contributed by atoms with Crippen molar-refractivity contribution in [1.29, 1.82) is 0 Å². The van der Waals surface area contributed by atoms with Crippen LogP contribution in [0, 0.1) is 5.92 Å². The monoisotopic (exact) mass is 644 g/mol. The minimum absolute atomic E-state index is 0.575. The van der Waals surface area contributed by atoms with Gasteiger partial charge in [0.2, 0.25) is 0 Å². The summed E-state index contributed by atoms with van der Waals surface area (Å²) >= 11 is 8.14. The summed E-state index contributed by atoms with van der Waals surface area (Å²) in [5.74, 6) is 3.90. The molecule has 0 saturated carbocycles. The second-order valence-corrected chi connectivity index (χ2v) is 17.7. The van der Waals surface area contributed by atoms with Crippen molar-refractivity contribution in [2.24, 2.45) is 5.92 Å². The summed E-state index contributed by atoms with van der Waals surface area (Å²) in [6.07, 6.45) is 11.3. The van der Waals surface area contributed by atoms with Crippen LogP contribution in [0.15, 0.2) is 26.7 Å². The van der Waals surface area contributed by atoms with Crippen LogP contribution >= 0.6 is 41.9 Å². The molecule has 3 heteroatoms. The van der Waals surface area contributed by atoms with Crippen LogP contribution in [0.4, 0.5) is 0 Å². The Hall–Kier alpha value is -0.510. The van der Waals surface area contributed by atoms with Crippen molar-refractivity contribution in [1.82, 2.24) is 0 Å². The third-order valence-corrected chi connectivity index (χ3v) is 17.1. The van der Waals surface area contributed by atoms with Crippen LogP contribution in [0.3, 0.4) is 0 Å². The van der Waals surface area contributed by atoms with Crippen molar-refractivity contribution in [3.63, 3.8) is 0 Å². The van der Waals surface area contributed by atoms with Crippen molar-refractivity contribution in [2.75, 3.05) is 11.5 Å². The zero-order chi connectivity index (χ0) is 26.6. The molecule has 0 N–H and O–H groups in total. The van der Waals surface area contributed by atoms with Crippen LogP contribution in [0.25, 0.3) is 6.08 Å². The number of hydrogen-bond acceptors (Lipinski definition) is 0. The number of fused-ring (bicyclic) bond motifs is 4. The first-order valence-corrected chi connectivity index (χ1v) is 18.6. The van der Waals surface area contributed by atoms with Gasteiger partial charge >= 0.3 is 0 Å². The fourth-order valence-corrected chi connectivity index (χ4v) is 15.3. The van der Waals surface area contributed by atoms with Crippen molar-refractivity contribution >= 4 is 48.0 Å². The molecule has 5 rings (SSSR count). The van der Waals surface area contributed by atoms with E-state index in [4.69, 9.17) is 0 Å². The molecule has 0 saturated heterocycles. The van der Waals surface area contributed by atoms with Crippen LogP contribution in [0.5, 0.6) is 0 Å². The van der Waals surface area contributed by atoms with E-state index in [9.17, 15) is 0 Å². The van der Waals surface area contributed by atoms with Gasteiger partial charge < -0.3 is 0 Å². The fourth-order valence-electron chi connectivity index (χ4n) is 8.51. The average Bonchev–Trinajstić information content (AvgIpc) is 3.35. The average molecular weight is 647 g/mol. The SMILES string of the molecule is CCCc1c(Br)cc2c(c1CC)C(C)C(C)C2S(CC)(CC)C1C(C)=Cc2c1cc(Br)c1c2CCCC1. The quantitative estimate of drug-likeness (QED) is 0.281. The lowest BCUT2D eigenvalue weighted by Gasteiger charge is -2.52. The molecule has 2 aromatic carbocycles. The molecule has 3 aliphatic carbocycles. The number of benzene rings is 2. The minimum Gasteiger partial charge on any atom is -0.224 e. The summed E-state index contributed by atoms with van der Waals surface area (Å²) in [5.41, 5.74) is 14.8. The molecule has 0 bridgehead atoms. The Balaban J connectivity index is 1.72. The third kappa shape index (κ3) is 4.19. The predicted octanol–water partition coefficient (Wildman–Crippen LogP) is 11.4. The molecular weight excluding hydrogens is 600 g/mol. The van der Waals surface area contributed by atoms with E-state index in [-0.39, 0.29) is 0 Å². The molecule has 0 heterocycles. The maximum absolute atomic E-state index is 4.08. The van der Waals surface area contributed by atoms with Crippen LogP contribution in [0.1, 0.15) is 129 Å². The van der Waals surface area contributed by atoms with Gasteiger partial charge in [-0.25, -0.2) is 10.0 Å². The van der Waals surface area contributed by atoms with E-state index < -0.39 is 10.0 Å². The second-order valence-electron chi connectivity index (χ2n) is 11.9. The van der Waals surface area contributed by atoms with E-state index >= 15 is 0 Å². The predicted molar refractivity (Wildman–Crippen MR) is 174 cm³/mol. The highest BCUT2D eigenvalue weighted by Crippen LogP contribution is 2.77. The molecular formula is C34H46Br2S. The normalized spacial score (nSPS) is 25.1. The molecule has 37 heavy (non-hydrogen) atoms. The van der Waals surface area contributed by atoms with E-state index in [1.807, 2.05) is 0 Å². The Bertz CT molecular complexity index is 1240. The van der Waals surface area contributed by atoms with Gasteiger partial charge in [-0.2, -0.15) is 0 Å². The van der Waals surface area contributed by atoms with Gasteiger partial charge in [0.1, 0.15) is 0 Å². The smallest absolute Gasteiger partial charge is 0.0363 e. The largest absolute Gasteiger partial charge is 0.224 e. The van der Waals surface area contributed by atoms with Crippen molar-refractivity contribution in [3.8, 4) is 0 Å². The lowest BCUT2D eigenvalue weighted by Crippen LogP contribution is -2.25. The van der Waals surface area contributed by atoms with Crippen molar-refractivity contribution in [2.45, 2.75) is 110 Å². The van der Waals surface area contributed by atoms with E-state index in [0.717, 1.165) is 6.42 Å². The highest BCUT2D eigenvalue weighted by Gasteiger charge is 2.50. The zero-order valence-electron chi connectivity index (χ0n) is 24.1. The van der Waals surface area contributed by atoms with Gasteiger partial charge in [0.25, 0.3) is 0 Å². The first kappa shape index (κ1) is 28.0. The summed E-state index contributed by atoms with van der Waals surface area (Å²) in [4.78, 5) is 0. The molecule has 0 radical (unpaired) electrons. The molecule has 0 nitrogen and oxygen atoms in total. The van der Waals surface area contributed by atoms with Crippen molar-refractivity contribution < 1.29 is 0 Å². The van der Waals surface area contributed by atoms with Crippen LogP contribution in [-0.2, 0) is 25.7 Å². The van der Waals surface area contributed by atoms with Crippen LogP contribution in [-0.4, -0.2) is 11.5 Å². The maximum Gasteiger partial charge on any atom is 0.0363 e. The maximum atomic E-state index is 4.08. The highest BCUT2D eigenvalue weighted by molar-refractivity contribution is 9.10. The molecule has 0 aliphatic heterocycles. The Morgan fingerprint density at radius 3 is 2.14 bits per heavy atom. The van der Waals surface area contributed by atoms with Crippen LogP contribution in [0.2, 0.25) is 0 Å². The molecule has 4 atom stereocenters. The topological polar surface area (TPSA) is 0 Å². The second kappa shape index (κ2) is 10.8. The first-order chi connectivity index (χ1) is 17.7. The number of hydrogen-bond donors (Lipinski definition) is 0. The van der Waals surface area contributed by atoms with Gasteiger partial charge in [-0.15, -0.1) is 0 Å². The van der Waals surface area contributed by atoms with Gasteiger partial charge in [-0.1, -0.05) is 91.5 Å². The van der Waals surface area contributed by atoms with E-state index in [1.165, 1.54) is 59.0 Å². The Kier molecular flexibility index (Phi) is 8.19. The molecule has 0 aromatic heterocycles. The third-order valence-electron chi connectivity index (χ3n) is 10.2. The zero-order valence-corrected chi connectivity index (χ0v) is 28.1. The summed E-state index contributed by atoms with van der Waals surface area (Å²) < 4.78 is 2.75. The van der Waals surface area contributed by atoms with Gasteiger partial charge in [-0.3, -0.25) is 0 Å². The molecule has 4 unspecified atom stereocenters. The molecule has 3 aliphatic rings. The number of halogens is 2. The van der Waals surface area contributed by atoms with Gasteiger partial charge in [0, 0.05) is 19.4 Å². The van der Waals surface area contributed by atoms with E-state index in [2.05, 4.69) is 98.5 Å². The summed E-state index contributed by atoms with van der Waals surface area (Å²) in [6, 6.07) is 5.15. The Morgan fingerprint density at radius 2 is 1.51 bits per heavy atom. The first-order valence-electron chi connectivity index (χ1n) is 14.9. The Morgan fingerprint density at radius 1 is 0.865 bits per heavy atom. The van der Waals surface area contributed by atoms with Crippen LogP contribution < -0.4 is 0 Å². The summed E-state index contributed by atoms with van der Waals surface area (Å²) in [7, 11) is -1.01. The molecule has 0 fully saturated rings. The van der Waals surface area contributed by atoms with Gasteiger partial charge in [-0.05, 0) is 125 Å². The molecule has 0 amide bonds. The molecule has 2 aromatic rings. The summed E-state index contributed by atoms with van der Waals surface area (Å²) in [6.45, 7) is 17.3. The lowest BCUT2D eigenvalue weighted by atomic mass is 9.87. The van der Waals surface area contributed by atoms with Gasteiger partial charge in [0.15, 0.2) is 0 Å². The minimum atomic E-state index is -1.01.